The highest BCUT2D eigenvalue weighted by atomic mass is 32.2. The zero-order chi connectivity index (χ0) is 19.4. The molecule has 27 heavy (non-hydrogen) atoms. The zero-order valence-electron chi connectivity index (χ0n) is 15.4. The van der Waals surface area contributed by atoms with E-state index >= 15 is 0 Å². The van der Waals surface area contributed by atoms with Gasteiger partial charge < -0.3 is 9.26 Å². The Labute approximate surface area is 158 Å². The summed E-state index contributed by atoms with van der Waals surface area (Å²) in [5, 5.41) is 4.00. The Morgan fingerprint density at radius 1 is 1.22 bits per heavy atom. The molecule has 1 aliphatic rings. The second kappa shape index (κ2) is 8.20. The van der Waals surface area contributed by atoms with Crippen LogP contribution in [-0.2, 0) is 21.3 Å². The fraction of sp³-hybridized carbons (Fsp3) is 0.444. The summed E-state index contributed by atoms with van der Waals surface area (Å²) in [5.74, 6) is 0.0930. The number of carbonyl (C=O) groups is 1. The van der Waals surface area contributed by atoms with E-state index in [0.717, 1.165) is 18.0 Å². The number of esters is 1. The number of hydrogen-bond donors (Lipinski definition) is 0. The SMILES string of the molecule is COC(=O)c1ccccc1S(=O)(=O)N1CCCN(Cc2cc(C)on2)CC1. The van der Waals surface area contributed by atoms with E-state index in [-0.39, 0.29) is 10.5 Å². The van der Waals surface area contributed by atoms with Crippen molar-refractivity contribution < 1.29 is 22.5 Å². The molecule has 2 aromatic rings. The van der Waals surface area contributed by atoms with Crippen LogP contribution < -0.4 is 0 Å². The van der Waals surface area contributed by atoms with E-state index in [0.29, 0.717) is 32.6 Å². The van der Waals surface area contributed by atoms with Crippen molar-refractivity contribution in [1.82, 2.24) is 14.4 Å². The normalized spacial score (nSPS) is 16.8. The number of benzene rings is 1. The molecule has 1 saturated heterocycles. The molecule has 0 spiro atoms. The number of methoxy groups -OCH3 is 1. The Hall–Kier alpha value is -2.23. The molecule has 0 radical (unpaired) electrons. The maximum Gasteiger partial charge on any atom is 0.339 e. The van der Waals surface area contributed by atoms with Gasteiger partial charge in [-0.1, -0.05) is 17.3 Å². The van der Waals surface area contributed by atoms with E-state index in [4.69, 9.17) is 9.26 Å². The Morgan fingerprint density at radius 2 is 2.00 bits per heavy atom. The number of ether oxygens (including phenoxy) is 1. The van der Waals surface area contributed by atoms with Gasteiger partial charge in [0, 0.05) is 32.2 Å². The summed E-state index contributed by atoms with van der Waals surface area (Å²) in [7, 11) is -2.55. The van der Waals surface area contributed by atoms with Crippen LogP contribution in [0.4, 0.5) is 0 Å². The number of carbonyl (C=O) groups excluding carboxylic acids is 1. The van der Waals surface area contributed by atoms with E-state index < -0.39 is 16.0 Å². The molecule has 0 atom stereocenters. The lowest BCUT2D eigenvalue weighted by atomic mass is 10.2. The molecule has 146 valence electrons. The molecule has 1 aliphatic heterocycles. The summed E-state index contributed by atoms with van der Waals surface area (Å²) in [6.07, 6.45) is 0.691. The molecular formula is C18H23N3O5S. The number of sulfonamides is 1. The summed E-state index contributed by atoms with van der Waals surface area (Å²) in [4.78, 5) is 14.1. The Kier molecular flexibility index (Phi) is 5.93. The lowest BCUT2D eigenvalue weighted by Gasteiger charge is -2.22. The van der Waals surface area contributed by atoms with Crippen LogP contribution in [0.1, 0.15) is 28.2 Å². The molecule has 0 unspecified atom stereocenters. The van der Waals surface area contributed by atoms with Gasteiger partial charge in [-0.05, 0) is 32.0 Å². The zero-order valence-corrected chi connectivity index (χ0v) is 16.2. The maximum absolute atomic E-state index is 13.1. The molecule has 9 heteroatoms. The average molecular weight is 393 g/mol. The first-order valence-corrected chi connectivity index (χ1v) is 10.2. The smallest absolute Gasteiger partial charge is 0.339 e. The largest absolute Gasteiger partial charge is 0.465 e. The predicted molar refractivity (Wildman–Crippen MR) is 97.7 cm³/mol. The van der Waals surface area contributed by atoms with E-state index in [1.54, 1.807) is 12.1 Å². The minimum absolute atomic E-state index is 0.0163. The van der Waals surface area contributed by atoms with Crippen LogP contribution in [-0.4, -0.2) is 62.0 Å². The highest BCUT2D eigenvalue weighted by Gasteiger charge is 2.30. The third kappa shape index (κ3) is 4.37. The van der Waals surface area contributed by atoms with E-state index in [1.807, 2.05) is 13.0 Å². The summed E-state index contributed by atoms with van der Waals surface area (Å²) >= 11 is 0. The number of aryl methyl sites for hydroxylation is 1. The van der Waals surface area contributed by atoms with Gasteiger partial charge in [0.05, 0.1) is 23.3 Å². The van der Waals surface area contributed by atoms with Crippen molar-refractivity contribution in [3.8, 4) is 0 Å². The van der Waals surface area contributed by atoms with Crippen LogP contribution in [0.15, 0.2) is 39.8 Å². The molecule has 2 heterocycles. The van der Waals surface area contributed by atoms with Crippen LogP contribution in [0.25, 0.3) is 0 Å². The van der Waals surface area contributed by atoms with Crippen molar-refractivity contribution in [2.75, 3.05) is 33.3 Å². The highest BCUT2D eigenvalue weighted by Crippen LogP contribution is 2.22. The van der Waals surface area contributed by atoms with Crippen molar-refractivity contribution in [1.29, 1.82) is 0 Å². The summed E-state index contributed by atoms with van der Waals surface area (Å²) < 4.78 is 37.5. The van der Waals surface area contributed by atoms with Crippen molar-refractivity contribution in [3.05, 3.63) is 47.3 Å². The third-order valence-corrected chi connectivity index (χ3v) is 6.48. The van der Waals surface area contributed by atoms with Crippen molar-refractivity contribution >= 4 is 16.0 Å². The molecule has 1 fully saturated rings. The average Bonchev–Trinajstić information content (AvgIpc) is 2.92. The fourth-order valence-corrected chi connectivity index (χ4v) is 4.83. The Balaban J connectivity index is 1.76. The van der Waals surface area contributed by atoms with E-state index in [2.05, 4.69) is 10.1 Å². The van der Waals surface area contributed by atoms with Crippen LogP contribution in [0.2, 0.25) is 0 Å². The van der Waals surface area contributed by atoms with Gasteiger partial charge in [-0.3, -0.25) is 4.90 Å². The van der Waals surface area contributed by atoms with Gasteiger partial charge in [0.1, 0.15) is 5.76 Å². The van der Waals surface area contributed by atoms with Crippen molar-refractivity contribution in [2.24, 2.45) is 0 Å². The molecule has 0 amide bonds. The molecule has 3 rings (SSSR count). The first-order valence-electron chi connectivity index (χ1n) is 8.74. The fourth-order valence-electron chi connectivity index (χ4n) is 3.18. The molecular weight excluding hydrogens is 370 g/mol. The van der Waals surface area contributed by atoms with Crippen LogP contribution >= 0.6 is 0 Å². The first-order chi connectivity index (χ1) is 12.9. The standard InChI is InChI=1S/C18H23N3O5S/c1-14-12-15(19-26-14)13-20-8-5-9-21(11-10-20)27(23,24)17-7-4-3-6-16(17)18(22)25-2/h3-4,6-7,12H,5,8-11,13H2,1-2H3. The van der Waals surface area contributed by atoms with Gasteiger partial charge >= 0.3 is 5.97 Å². The lowest BCUT2D eigenvalue weighted by molar-refractivity contribution is 0.0596. The molecule has 0 saturated carbocycles. The van der Waals surface area contributed by atoms with Crippen molar-refractivity contribution in [2.45, 2.75) is 24.8 Å². The minimum Gasteiger partial charge on any atom is -0.465 e. The second-order valence-corrected chi connectivity index (χ2v) is 8.36. The molecule has 0 aliphatic carbocycles. The predicted octanol–water partition coefficient (Wildman–Crippen LogP) is 1.67. The van der Waals surface area contributed by atoms with Crippen LogP contribution in [0, 0.1) is 6.92 Å². The van der Waals surface area contributed by atoms with Crippen molar-refractivity contribution in [3.63, 3.8) is 0 Å². The molecule has 1 aromatic carbocycles. The Morgan fingerprint density at radius 3 is 2.70 bits per heavy atom. The summed E-state index contributed by atoms with van der Waals surface area (Å²) in [6, 6.07) is 8.02. The Bertz CT molecular complexity index is 909. The van der Waals surface area contributed by atoms with Gasteiger partial charge in [-0.15, -0.1) is 0 Å². The molecule has 1 aromatic heterocycles. The summed E-state index contributed by atoms with van der Waals surface area (Å²) in [5.41, 5.74) is 0.888. The van der Waals surface area contributed by atoms with Gasteiger partial charge in [0.2, 0.25) is 10.0 Å². The first kappa shape index (κ1) is 19.5. The molecule has 0 N–H and O–H groups in total. The quantitative estimate of drug-likeness (QED) is 0.713. The molecule has 8 nitrogen and oxygen atoms in total. The van der Waals surface area contributed by atoms with E-state index in [1.165, 1.54) is 23.5 Å². The maximum atomic E-state index is 13.1. The van der Waals surface area contributed by atoms with E-state index in [9.17, 15) is 13.2 Å². The number of rotatable bonds is 5. The summed E-state index contributed by atoms with van der Waals surface area (Å²) in [6.45, 7) is 4.53. The van der Waals surface area contributed by atoms with Gasteiger partial charge in [-0.25, -0.2) is 13.2 Å². The second-order valence-electron chi connectivity index (χ2n) is 6.45. The molecule has 0 bridgehead atoms. The van der Waals surface area contributed by atoms with Gasteiger partial charge in [0.25, 0.3) is 0 Å². The van der Waals surface area contributed by atoms with Gasteiger partial charge in [-0.2, -0.15) is 4.31 Å². The minimum atomic E-state index is -3.79. The van der Waals surface area contributed by atoms with Gasteiger partial charge in [0.15, 0.2) is 0 Å². The van der Waals surface area contributed by atoms with Crippen LogP contribution in [0.5, 0.6) is 0 Å². The highest BCUT2D eigenvalue weighted by molar-refractivity contribution is 7.89. The lowest BCUT2D eigenvalue weighted by Crippen LogP contribution is -2.35. The number of hydrogen-bond acceptors (Lipinski definition) is 7. The number of nitrogens with zero attached hydrogens (tertiary/aromatic N) is 3. The third-order valence-electron chi connectivity index (χ3n) is 4.52. The number of aromatic nitrogens is 1. The topological polar surface area (TPSA) is 93.0 Å². The monoisotopic (exact) mass is 393 g/mol. The van der Waals surface area contributed by atoms with Crippen LogP contribution in [0.3, 0.4) is 0 Å².